The number of ether oxygens (including phenoxy) is 1. The number of hydrogen-bond donors (Lipinski definition) is 1. The number of rotatable bonds is 8. The van der Waals surface area contributed by atoms with Crippen molar-refractivity contribution in [2.75, 3.05) is 19.4 Å². The second-order valence-corrected chi connectivity index (χ2v) is 7.68. The van der Waals surface area contributed by atoms with Crippen LogP contribution in [-0.4, -0.2) is 33.7 Å². The Balaban J connectivity index is 1.72. The van der Waals surface area contributed by atoms with E-state index in [1.807, 2.05) is 30.3 Å². The van der Waals surface area contributed by atoms with Crippen molar-refractivity contribution >= 4 is 15.7 Å². The molecule has 0 aliphatic carbocycles. The predicted octanol–water partition coefficient (Wildman–Crippen LogP) is 2.43. The molecule has 0 radical (unpaired) electrons. The van der Waals surface area contributed by atoms with Crippen LogP contribution in [0.1, 0.15) is 22.3 Å². The Morgan fingerprint density at radius 2 is 1.71 bits per heavy atom. The lowest BCUT2D eigenvalue weighted by atomic mass is 10.1. The summed E-state index contributed by atoms with van der Waals surface area (Å²) in [5.41, 5.74) is 1.18. The van der Waals surface area contributed by atoms with Gasteiger partial charge in [0.25, 0.3) is 5.91 Å². The van der Waals surface area contributed by atoms with Gasteiger partial charge in [0.2, 0.25) is 0 Å². The number of nitrogens with one attached hydrogen (secondary N) is 1. The SMILES string of the molecule is CS(=O)(=O)Cc1ccc(C(=O)NCCCOc2ccccc2)cc1. The van der Waals surface area contributed by atoms with E-state index in [2.05, 4.69) is 5.32 Å². The number of hydrogen-bond acceptors (Lipinski definition) is 4. The molecular formula is C18H21NO4S. The van der Waals surface area contributed by atoms with Crippen LogP contribution < -0.4 is 10.1 Å². The molecule has 0 saturated heterocycles. The average molecular weight is 347 g/mol. The van der Waals surface area contributed by atoms with E-state index in [0.717, 1.165) is 5.75 Å². The van der Waals surface area contributed by atoms with Crippen LogP contribution in [0.15, 0.2) is 54.6 Å². The van der Waals surface area contributed by atoms with Crippen LogP contribution in [0, 0.1) is 0 Å². The second-order valence-electron chi connectivity index (χ2n) is 5.54. The van der Waals surface area contributed by atoms with E-state index in [9.17, 15) is 13.2 Å². The largest absolute Gasteiger partial charge is 0.494 e. The smallest absolute Gasteiger partial charge is 0.251 e. The summed E-state index contributed by atoms with van der Waals surface area (Å²) in [6.45, 7) is 1.04. The first-order valence-electron chi connectivity index (χ1n) is 7.67. The second kappa shape index (κ2) is 8.49. The van der Waals surface area contributed by atoms with Gasteiger partial charge in [0, 0.05) is 18.4 Å². The standard InChI is InChI=1S/C18H21NO4S/c1-24(21,22)14-15-8-10-16(11-9-15)18(20)19-12-5-13-23-17-6-3-2-4-7-17/h2-4,6-11H,5,12-14H2,1H3,(H,19,20). The monoisotopic (exact) mass is 347 g/mol. The molecule has 0 fully saturated rings. The highest BCUT2D eigenvalue weighted by Crippen LogP contribution is 2.09. The Morgan fingerprint density at radius 1 is 1.04 bits per heavy atom. The van der Waals surface area contributed by atoms with Crippen molar-refractivity contribution in [3.05, 3.63) is 65.7 Å². The third-order valence-electron chi connectivity index (χ3n) is 3.26. The molecule has 2 aromatic rings. The van der Waals surface area contributed by atoms with Gasteiger partial charge < -0.3 is 10.1 Å². The lowest BCUT2D eigenvalue weighted by molar-refractivity contribution is 0.0951. The van der Waals surface area contributed by atoms with Crippen LogP contribution in [0.3, 0.4) is 0 Å². The molecule has 2 rings (SSSR count). The van der Waals surface area contributed by atoms with E-state index in [1.54, 1.807) is 24.3 Å². The molecular weight excluding hydrogens is 326 g/mol. The van der Waals surface area contributed by atoms with Crippen molar-refractivity contribution in [1.82, 2.24) is 5.32 Å². The van der Waals surface area contributed by atoms with Gasteiger partial charge in [-0.1, -0.05) is 30.3 Å². The highest BCUT2D eigenvalue weighted by molar-refractivity contribution is 7.89. The first-order valence-corrected chi connectivity index (χ1v) is 9.73. The molecule has 0 spiro atoms. The summed E-state index contributed by atoms with van der Waals surface area (Å²) in [4.78, 5) is 12.0. The molecule has 0 aliphatic heterocycles. The summed E-state index contributed by atoms with van der Waals surface area (Å²) in [7, 11) is -3.07. The van der Waals surface area contributed by atoms with Gasteiger partial charge in [0.1, 0.15) is 5.75 Å². The molecule has 1 N–H and O–H groups in total. The molecule has 0 bridgehead atoms. The quantitative estimate of drug-likeness (QED) is 0.745. The summed E-state index contributed by atoms with van der Waals surface area (Å²) in [5, 5.41) is 2.82. The Hall–Kier alpha value is -2.34. The van der Waals surface area contributed by atoms with Crippen LogP contribution >= 0.6 is 0 Å². The molecule has 0 unspecified atom stereocenters. The molecule has 128 valence electrons. The number of carbonyl (C=O) groups excluding carboxylic acids is 1. The molecule has 5 nitrogen and oxygen atoms in total. The highest BCUT2D eigenvalue weighted by Gasteiger charge is 2.07. The van der Waals surface area contributed by atoms with Gasteiger partial charge in [-0.15, -0.1) is 0 Å². The summed E-state index contributed by atoms with van der Waals surface area (Å²) in [6.07, 6.45) is 1.89. The third kappa shape index (κ3) is 6.42. The molecule has 0 heterocycles. The fourth-order valence-electron chi connectivity index (χ4n) is 2.14. The molecule has 0 aromatic heterocycles. The van der Waals surface area contributed by atoms with Gasteiger partial charge in [0.05, 0.1) is 12.4 Å². The van der Waals surface area contributed by atoms with Crippen LogP contribution in [0.2, 0.25) is 0 Å². The van der Waals surface area contributed by atoms with Crippen LogP contribution in [0.5, 0.6) is 5.75 Å². The summed E-state index contributed by atoms with van der Waals surface area (Å²) < 4.78 is 28.0. The zero-order valence-electron chi connectivity index (χ0n) is 13.6. The van der Waals surface area contributed by atoms with E-state index in [0.29, 0.717) is 30.7 Å². The first-order chi connectivity index (χ1) is 11.4. The normalized spacial score (nSPS) is 11.0. The first kappa shape index (κ1) is 18.0. The molecule has 24 heavy (non-hydrogen) atoms. The maximum absolute atomic E-state index is 12.0. The molecule has 0 aliphatic rings. The van der Waals surface area contributed by atoms with Gasteiger partial charge in [-0.3, -0.25) is 4.79 Å². The van der Waals surface area contributed by atoms with Gasteiger partial charge in [-0.25, -0.2) is 8.42 Å². The maximum Gasteiger partial charge on any atom is 0.251 e. The van der Waals surface area contributed by atoms with E-state index in [-0.39, 0.29) is 11.7 Å². The number of sulfone groups is 1. The summed E-state index contributed by atoms with van der Waals surface area (Å²) >= 11 is 0. The fraction of sp³-hybridized carbons (Fsp3) is 0.278. The van der Waals surface area contributed by atoms with Crippen molar-refractivity contribution in [2.45, 2.75) is 12.2 Å². The third-order valence-corrected chi connectivity index (χ3v) is 4.12. The topological polar surface area (TPSA) is 72.5 Å². The zero-order chi connectivity index (χ0) is 17.4. The van der Waals surface area contributed by atoms with Crippen LogP contribution in [-0.2, 0) is 15.6 Å². The predicted molar refractivity (Wildman–Crippen MR) is 93.9 cm³/mol. The Morgan fingerprint density at radius 3 is 2.33 bits per heavy atom. The Bertz CT molecular complexity index is 755. The summed E-state index contributed by atoms with van der Waals surface area (Å²) in [6, 6.07) is 16.1. The van der Waals surface area contributed by atoms with E-state index in [4.69, 9.17) is 4.74 Å². The van der Waals surface area contributed by atoms with Crippen molar-refractivity contribution in [1.29, 1.82) is 0 Å². The average Bonchev–Trinajstić information content (AvgIpc) is 2.54. The zero-order valence-corrected chi connectivity index (χ0v) is 14.4. The minimum absolute atomic E-state index is 0.0221. The number of carbonyl (C=O) groups is 1. The molecule has 0 saturated carbocycles. The van der Waals surface area contributed by atoms with E-state index in [1.165, 1.54) is 6.26 Å². The highest BCUT2D eigenvalue weighted by atomic mass is 32.2. The minimum Gasteiger partial charge on any atom is -0.494 e. The van der Waals surface area contributed by atoms with Crippen molar-refractivity contribution in [2.24, 2.45) is 0 Å². The molecule has 1 amide bonds. The lowest BCUT2D eigenvalue weighted by Crippen LogP contribution is -2.25. The van der Waals surface area contributed by atoms with Crippen molar-refractivity contribution < 1.29 is 17.9 Å². The Kier molecular flexibility index (Phi) is 6.37. The van der Waals surface area contributed by atoms with Crippen molar-refractivity contribution in [3.8, 4) is 5.75 Å². The van der Waals surface area contributed by atoms with Crippen LogP contribution in [0.4, 0.5) is 0 Å². The maximum atomic E-state index is 12.0. The van der Waals surface area contributed by atoms with E-state index >= 15 is 0 Å². The number of benzene rings is 2. The number of amides is 1. The lowest BCUT2D eigenvalue weighted by Gasteiger charge is -2.08. The molecule has 0 atom stereocenters. The van der Waals surface area contributed by atoms with Crippen LogP contribution in [0.25, 0.3) is 0 Å². The number of para-hydroxylation sites is 1. The van der Waals surface area contributed by atoms with Crippen molar-refractivity contribution in [3.63, 3.8) is 0 Å². The molecule has 6 heteroatoms. The van der Waals surface area contributed by atoms with Gasteiger partial charge in [0.15, 0.2) is 9.84 Å². The molecule has 2 aromatic carbocycles. The van der Waals surface area contributed by atoms with Gasteiger partial charge in [-0.05, 0) is 36.2 Å². The van der Waals surface area contributed by atoms with E-state index < -0.39 is 9.84 Å². The fourth-order valence-corrected chi connectivity index (χ4v) is 2.94. The summed E-state index contributed by atoms with van der Waals surface area (Å²) in [5.74, 6) is 0.608. The Labute approximate surface area is 142 Å². The van der Waals surface area contributed by atoms with Gasteiger partial charge in [-0.2, -0.15) is 0 Å². The van der Waals surface area contributed by atoms with Gasteiger partial charge >= 0.3 is 0 Å². The minimum atomic E-state index is -3.07.